The van der Waals surface area contributed by atoms with E-state index in [4.69, 9.17) is 4.52 Å². The molecule has 0 aliphatic carbocycles. The molecule has 0 spiro atoms. The zero-order valence-corrected chi connectivity index (χ0v) is 11.6. The molecule has 3 heteroatoms. The van der Waals surface area contributed by atoms with Gasteiger partial charge in [-0.25, -0.2) is 0 Å². The van der Waals surface area contributed by atoms with E-state index in [2.05, 4.69) is 35.0 Å². The maximum absolute atomic E-state index is 5.25. The van der Waals surface area contributed by atoms with Crippen LogP contribution >= 0.6 is 0 Å². The third kappa shape index (κ3) is 2.07. The van der Waals surface area contributed by atoms with Crippen molar-refractivity contribution in [1.82, 2.24) is 5.16 Å². The Balaban J connectivity index is 2.06. The lowest BCUT2D eigenvalue weighted by atomic mass is 10.0. The van der Waals surface area contributed by atoms with Crippen molar-refractivity contribution in [2.75, 3.05) is 4.90 Å². The third-order valence-electron chi connectivity index (χ3n) is 3.39. The zero-order chi connectivity index (χ0) is 14.1. The fourth-order valence-corrected chi connectivity index (χ4v) is 2.40. The molecule has 0 fully saturated rings. The summed E-state index contributed by atoms with van der Waals surface area (Å²) in [6, 6.07) is 10.2. The predicted octanol–water partition coefficient (Wildman–Crippen LogP) is 4.22. The van der Waals surface area contributed by atoms with Crippen LogP contribution in [0.3, 0.4) is 0 Å². The Morgan fingerprint density at radius 2 is 1.85 bits per heavy atom. The Morgan fingerprint density at radius 1 is 1.10 bits per heavy atom. The van der Waals surface area contributed by atoms with Crippen molar-refractivity contribution in [3.8, 4) is 0 Å². The SMILES string of the molecule is C=C1C=CC(c2c(C)noc2C)=CN1c1ccccc1. The van der Waals surface area contributed by atoms with Crippen molar-refractivity contribution in [3.05, 3.63) is 78.0 Å². The summed E-state index contributed by atoms with van der Waals surface area (Å²) >= 11 is 0. The predicted molar refractivity (Wildman–Crippen MR) is 81.2 cm³/mol. The number of hydrogen-bond acceptors (Lipinski definition) is 3. The molecule has 1 aliphatic heterocycles. The summed E-state index contributed by atoms with van der Waals surface area (Å²) in [6.07, 6.45) is 6.13. The number of allylic oxidation sites excluding steroid dienone is 3. The topological polar surface area (TPSA) is 29.3 Å². The Kier molecular flexibility index (Phi) is 3.03. The number of rotatable bonds is 2. The fourth-order valence-electron chi connectivity index (χ4n) is 2.40. The van der Waals surface area contributed by atoms with E-state index < -0.39 is 0 Å². The number of para-hydroxylation sites is 1. The van der Waals surface area contributed by atoms with Gasteiger partial charge < -0.3 is 9.42 Å². The Bertz CT molecular complexity index is 688. The molecule has 0 saturated heterocycles. The quantitative estimate of drug-likeness (QED) is 0.813. The van der Waals surface area contributed by atoms with Crippen LogP contribution in [0, 0.1) is 13.8 Å². The summed E-state index contributed by atoms with van der Waals surface area (Å²) in [7, 11) is 0. The lowest BCUT2D eigenvalue weighted by Crippen LogP contribution is -2.16. The van der Waals surface area contributed by atoms with Gasteiger partial charge in [0.25, 0.3) is 0 Å². The molecule has 100 valence electrons. The number of anilines is 1. The molecule has 2 heterocycles. The summed E-state index contributed by atoms with van der Waals surface area (Å²) in [5.74, 6) is 0.832. The molecule has 3 nitrogen and oxygen atoms in total. The molecule has 0 atom stereocenters. The molecule has 1 aromatic carbocycles. The van der Waals surface area contributed by atoms with Crippen molar-refractivity contribution in [2.45, 2.75) is 13.8 Å². The standard InChI is InChI=1S/C17H16N2O/c1-12-9-10-15(17-13(2)18-20-14(17)3)11-19(12)16-7-5-4-6-8-16/h4-11H,1H2,2-3H3. The molecule has 0 unspecified atom stereocenters. The van der Waals surface area contributed by atoms with Crippen molar-refractivity contribution in [1.29, 1.82) is 0 Å². The van der Waals surface area contributed by atoms with Gasteiger partial charge in [0.2, 0.25) is 0 Å². The highest BCUT2D eigenvalue weighted by molar-refractivity contribution is 5.82. The zero-order valence-electron chi connectivity index (χ0n) is 11.6. The van der Waals surface area contributed by atoms with Crippen molar-refractivity contribution in [2.24, 2.45) is 0 Å². The minimum Gasteiger partial charge on any atom is -0.361 e. The molecule has 3 rings (SSSR count). The molecule has 0 amide bonds. The van der Waals surface area contributed by atoms with Crippen LogP contribution in [0.4, 0.5) is 5.69 Å². The van der Waals surface area contributed by atoms with Gasteiger partial charge in [0, 0.05) is 28.7 Å². The van der Waals surface area contributed by atoms with E-state index in [0.29, 0.717) is 0 Å². The minimum atomic E-state index is 0.832. The van der Waals surface area contributed by atoms with Crippen LogP contribution in [-0.4, -0.2) is 5.16 Å². The number of hydrogen-bond donors (Lipinski definition) is 0. The molecule has 0 N–H and O–H groups in total. The van der Waals surface area contributed by atoms with Crippen LogP contribution in [0.25, 0.3) is 5.57 Å². The van der Waals surface area contributed by atoms with Crippen LogP contribution in [-0.2, 0) is 0 Å². The van der Waals surface area contributed by atoms with E-state index >= 15 is 0 Å². The average Bonchev–Trinajstić information content (AvgIpc) is 2.80. The van der Waals surface area contributed by atoms with E-state index in [0.717, 1.165) is 34.0 Å². The molecule has 1 aromatic heterocycles. The van der Waals surface area contributed by atoms with E-state index in [1.54, 1.807) is 0 Å². The van der Waals surface area contributed by atoms with E-state index in [1.807, 2.05) is 44.2 Å². The van der Waals surface area contributed by atoms with Crippen molar-refractivity contribution < 1.29 is 4.52 Å². The highest BCUT2D eigenvalue weighted by Crippen LogP contribution is 2.31. The lowest BCUT2D eigenvalue weighted by Gasteiger charge is -2.25. The summed E-state index contributed by atoms with van der Waals surface area (Å²) in [5, 5.41) is 4.02. The summed E-state index contributed by atoms with van der Waals surface area (Å²) in [6.45, 7) is 7.97. The monoisotopic (exact) mass is 264 g/mol. The largest absolute Gasteiger partial charge is 0.361 e. The third-order valence-corrected chi connectivity index (χ3v) is 3.39. The van der Waals surface area contributed by atoms with E-state index in [-0.39, 0.29) is 0 Å². The van der Waals surface area contributed by atoms with Crippen LogP contribution in [0.5, 0.6) is 0 Å². The van der Waals surface area contributed by atoms with Gasteiger partial charge in [0.1, 0.15) is 5.76 Å². The lowest BCUT2D eigenvalue weighted by molar-refractivity contribution is 0.393. The second-order valence-electron chi connectivity index (χ2n) is 4.81. The number of benzene rings is 1. The Morgan fingerprint density at radius 3 is 2.50 bits per heavy atom. The second-order valence-corrected chi connectivity index (χ2v) is 4.81. The Labute approximate surface area is 118 Å². The molecule has 1 aliphatic rings. The molecule has 0 radical (unpaired) electrons. The van der Waals surface area contributed by atoms with Crippen LogP contribution in [0.1, 0.15) is 17.0 Å². The number of nitrogens with zero attached hydrogens (tertiary/aromatic N) is 2. The molecular weight excluding hydrogens is 248 g/mol. The van der Waals surface area contributed by atoms with Gasteiger partial charge in [-0.05, 0) is 32.1 Å². The first-order valence-corrected chi connectivity index (χ1v) is 6.53. The van der Waals surface area contributed by atoms with Crippen LogP contribution in [0.15, 0.2) is 65.5 Å². The maximum Gasteiger partial charge on any atom is 0.141 e. The van der Waals surface area contributed by atoms with Gasteiger partial charge in [-0.2, -0.15) is 0 Å². The molecule has 20 heavy (non-hydrogen) atoms. The summed E-state index contributed by atoms with van der Waals surface area (Å²) in [5.41, 5.74) is 5.06. The van der Waals surface area contributed by atoms with Gasteiger partial charge in [-0.3, -0.25) is 0 Å². The van der Waals surface area contributed by atoms with E-state index in [9.17, 15) is 0 Å². The highest BCUT2D eigenvalue weighted by Gasteiger charge is 2.17. The second kappa shape index (κ2) is 4.85. The summed E-state index contributed by atoms with van der Waals surface area (Å²) < 4.78 is 5.25. The van der Waals surface area contributed by atoms with Crippen LogP contribution < -0.4 is 4.90 Å². The first-order valence-electron chi connectivity index (χ1n) is 6.53. The maximum atomic E-state index is 5.25. The molecule has 0 bridgehead atoms. The van der Waals surface area contributed by atoms with Crippen LogP contribution in [0.2, 0.25) is 0 Å². The smallest absolute Gasteiger partial charge is 0.141 e. The van der Waals surface area contributed by atoms with Gasteiger partial charge in [-0.15, -0.1) is 0 Å². The average molecular weight is 264 g/mol. The van der Waals surface area contributed by atoms with E-state index in [1.165, 1.54) is 0 Å². The first kappa shape index (κ1) is 12.5. The molecular formula is C17H16N2O. The minimum absolute atomic E-state index is 0.832. The normalized spacial score (nSPS) is 14.6. The van der Waals surface area contributed by atoms with Gasteiger partial charge in [0.15, 0.2) is 0 Å². The van der Waals surface area contributed by atoms with Gasteiger partial charge in [-0.1, -0.05) is 36.0 Å². The Hall–Kier alpha value is -2.55. The fraction of sp³-hybridized carbons (Fsp3) is 0.118. The summed E-state index contributed by atoms with van der Waals surface area (Å²) in [4.78, 5) is 2.07. The van der Waals surface area contributed by atoms with Gasteiger partial charge in [0.05, 0.1) is 5.69 Å². The first-order chi connectivity index (χ1) is 9.66. The number of aryl methyl sites for hydroxylation is 2. The highest BCUT2D eigenvalue weighted by atomic mass is 16.5. The van der Waals surface area contributed by atoms with Crippen molar-refractivity contribution in [3.63, 3.8) is 0 Å². The number of aromatic nitrogens is 1. The van der Waals surface area contributed by atoms with Gasteiger partial charge >= 0.3 is 0 Å². The molecule has 2 aromatic rings. The van der Waals surface area contributed by atoms with Crippen molar-refractivity contribution >= 4 is 11.3 Å². The molecule has 0 saturated carbocycles.